The zero-order chi connectivity index (χ0) is 21.8. The average Bonchev–Trinajstić information content (AvgIpc) is 2.76. The number of aliphatic imine (C=N–C) groups is 1. The predicted octanol–water partition coefficient (Wildman–Crippen LogP) is 4.22. The molecule has 0 saturated heterocycles. The second kappa shape index (κ2) is 14.7. The highest BCUT2D eigenvalue weighted by atomic mass is 127. The summed E-state index contributed by atoms with van der Waals surface area (Å²) in [5.41, 5.74) is 1.92. The van der Waals surface area contributed by atoms with Crippen molar-refractivity contribution in [2.45, 2.75) is 78.3 Å². The fourth-order valence-electron chi connectivity index (χ4n) is 4.01. The number of carbonyl (C=O) groups is 1. The molecule has 31 heavy (non-hydrogen) atoms. The quantitative estimate of drug-likeness (QED) is 0.202. The average molecular weight is 545 g/mol. The molecule has 176 valence electrons. The topological polar surface area (TPSA) is 85.8 Å². The monoisotopic (exact) mass is 544 g/mol. The highest BCUT2D eigenvalue weighted by Gasteiger charge is 2.31. The van der Waals surface area contributed by atoms with Crippen LogP contribution in [-0.4, -0.2) is 42.7 Å². The summed E-state index contributed by atoms with van der Waals surface area (Å²) in [6.07, 6.45) is 7.88. The van der Waals surface area contributed by atoms with Crippen molar-refractivity contribution >= 4 is 35.8 Å². The summed E-state index contributed by atoms with van der Waals surface area (Å²) in [4.78, 5) is 16.9. The van der Waals surface area contributed by atoms with Gasteiger partial charge in [0.25, 0.3) is 5.91 Å². The van der Waals surface area contributed by atoms with Gasteiger partial charge in [0.2, 0.25) is 0 Å². The highest BCUT2D eigenvalue weighted by molar-refractivity contribution is 14.0. The minimum Gasteiger partial charge on any atom is -0.396 e. The number of halogens is 1. The number of rotatable bonds is 10. The standard InChI is InChI=1S/C24H40N4O2.HI/c1-4-19(3)28-22(30)21-11-9-20(10-12-21)17-26-23(25-5-2)27-18-24(15-16-29)13-7-6-8-14-24;/h9-12,19,29H,4-8,13-18H2,1-3H3,(H,28,30)(H2,25,26,27);1H. The highest BCUT2D eigenvalue weighted by Crippen LogP contribution is 2.38. The number of benzene rings is 1. The van der Waals surface area contributed by atoms with E-state index in [9.17, 15) is 9.90 Å². The third kappa shape index (κ3) is 9.35. The Bertz CT molecular complexity index is 667. The molecule has 0 aliphatic heterocycles. The summed E-state index contributed by atoms with van der Waals surface area (Å²) in [7, 11) is 0. The normalized spacial score (nSPS) is 16.7. The van der Waals surface area contributed by atoms with Crippen LogP contribution in [0.3, 0.4) is 0 Å². The fourth-order valence-corrected chi connectivity index (χ4v) is 4.01. The number of guanidine groups is 1. The molecule has 0 spiro atoms. The van der Waals surface area contributed by atoms with Crippen LogP contribution in [0.15, 0.2) is 29.3 Å². The first-order valence-electron chi connectivity index (χ1n) is 11.5. The SMILES string of the molecule is CCNC(=NCc1ccc(C(=O)NC(C)CC)cc1)NCC1(CCO)CCCCC1.I. The molecule has 0 radical (unpaired) electrons. The molecule has 1 unspecified atom stereocenters. The first-order chi connectivity index (χ1) is 14.5. The van der Waals surface area contributed by atoms with Crippen LogP contribution in [0.2, 0.25) is 0 Å². The van der Waals surface area contributed by atoms with E-state index in [1.807, 2.05) is 31.2 Å². The van der Waals surface area contributed by atoms with Gasteiger partial charge in [0.15, 0.2) is 5.96 Å². The van der Waals surface area contributed by atoms with Crippen molar-refractivity contribution in [3.63, 3.8) is 0 Å². The fraction of sp³-hybridized carbons (Fsp3) is 0.667. The number of amides is 1. The molecule has 1 aliphatic carbocycles. The third-order valence-electron chi connectivity index (χ3n) is 6.16. The number of hydrogen-bond acceptors (Lipinski definition) is 3. The Labute approximate surface area is 205 Å². The Morgan fingerprint density at radius 3 is 2.39 bits per heavy atom. The van der Waals surface area contributed by atoms with Gasteiger partial charge >= 0.3 is 0 Å². The summed E-state index contributed by atoms with van der Waals surface area (Å²) in [6.45, 7) is 8.56. The van der Waals surface area contributed by atoms with Gasteiger partial charge in [0, 0.05) is 31.3 Å². The van der Waals surface area contributed by atoms with Crippen LogP contribution >= 0.6 is 24.0 Å². The molecular weight excluding hydrogens is 503 g/mol. The lowest BCUT2D eigenvalue weighted by Gasteiger charge is -2.37. The lowest BCUT2D eigenvalue weighted by molar-refractivity contribution is 0.0939. The van der Waals surface area contributed by atoms with Gasteiger partial charge < -0.3 is 21.1 Å². The van der Waals surface area contributed by atoms with Crippen molar-refractivity contribution in [2.24, 2.45) is 10.4 Å². The van der Waals surface area contributed by atoms with E-state index < -0.39 is 0 Å². The summed E-state index contributed by atoms with van der Waals surface area (Å²) >= 11 is 0. The Kier molecular flexibility index (Phi) is 13.1. The smallest absolute Gasteiger partial charge is 0.251 e. The van der Waals surface area contributed by atoms with Crippen LogP contribution < -0.4 is 16.0 Å². The maximum absolute atomic E-state index is 12.2. The Morgan fingerprint density at radius 1 is 1.13 bits per heavy atom. The van der Waals surface area contributed by atoms with E-state index in [1.165, 1.54) is 32.1 Å². The van der Waals surface area contributed by atoms with Crippen molar-refractivity contribution in [3.8, 4) is 0 Å². The van der Waals surface area contributed by atoms with E-state index in [2.05, 4.69) is 29.8 Å². The minimum atomic E-state index is -0.0314. The van der Waals surface area contributed by atoms with Gasteiger partial charge in [-0.15, -0.1) is 24.0 Å². The van der Waals surface area contributed by atoms with E-state index in [4.69, 9.17) is 4.99 Å². The lowest BCUT2D eigenvalue weighted by atomic mass is 9.72. The molecule has 1 fully saturated rings. The zero-order valence-corrected chi connectivity index (χ0v) is 21.7. The maximum atomic E-state index is 12.2. The van der Waals surface area contributed by atoms with Crippen LogP contribution in [0.5, 0.6) is 0 Å². The number of hydrogen-bond donors (Lipinski definition) is 4. The van der Waals surface area contributed by atoms with E-state index in [-0.39, 0.29) is 47.9 Å². The van der Waals surface area contributed by atoms with Gasteiger partial charge in [-0.1, -0.05) is 38.3 Å². The number of nitrogens with one attached hydrogen (secondary N) is 3. The molecule has 0 heterocycles. The van der Waals surface area contributed by atoms with Crippen LogP contribution in [0.4, 0.5) is 0 Å². The summed E-state index contributed by atoms with van der Waals surface area (Å²) < 4.78 is 0. The maximum Gasteiger partial charge on any atom is 0.251 e. The van der Waals surface area contributed by atoms with Crippen LogP contribution in [0.1, 0.15) is 81.6 Å². The van der Waals surface area contributed by atoms with Crippen LogP contribution in [-0.2, 0) is 6.54 Å². The molecular formula is C24H41IN4O2. The van der Waals surface area contributed by atoms with Gasteiger partial charge in [-0.2, -0.15) is 0 Å². The van der Waals surface area contributed by atoms with Crippen molar-refractivity contribution < 1.29 is 9.90 Å². The molecule has 1 aliphatic rings. The Morgan fingerprint density at radius 2 is 1.81 bits per heavy atom. The molecule has 4 N–H and O–H groups in total. The van der Waals surface area contributed by atoms with Crippen molar-refractivity contribution in [3.05, 3.63) is 35.4 Å². The van der Waals surface area contributed by atoms with Crippen LogP contribution in [0, 0.1) is 5.41 Å². The molecule has 0 bridgehead atoms. The second-order valence-corrected chi connectivity index (χ2v) is 8.56. The molecule has 1 aromatic carbocycles. The molecule has 1 atom stereocenters. The van der Waals surface area contributed by atoms with Gasteiger partial charge in [-0.3, -0.25) is 4.79 Å². The first-order valence-corrected chi connectivity index (χ1v) is 11.5. The second-order valence-electron chi connectivity index (χ2n) is 8.56. The van der Waals surface area contributed by atoms with Crippen molar-refractivity contribution in [1.82, 2.24) is 16.0 Å². The van der Waals surface area contributed by atoms with Gasteiger partial charge in [0.05, 0.1) is 6.54 Å². The molecule has 6 nitrogen and oxygen atoms in total. The Hall–Kier alpha value is -1.35. The number of carbonyl (C=O) groups excluding carboxylic acids is 1. The summed E-state index contributed by atoms with van der Waals surface area (Å²) in [5, 5.41) is 19.3. The Balaban J connectivity index is 0.00000480. The molecule has 0 aromatic heterocycles. The van der Waals surface area contributed by atoms with Crippen LogP contribution in [0.25, 0.3) is 0 Å². The molecule has 1 amide bonds. The van der Waals surface area contributed by atoms with Crippen molar-refractivity contribution in [2.75, 3.05) is 19.7 Å². The van der Waals surface area contributed by atoms with E-state index in [1.54, 1.807) is 0 Å². The number of nitrogens with zero attached hydrogens (tertiary/aromatic N) is 1. The first kappa shape index (κ1) is 27.7. The lowest BCUT2D eigenvalue weighted by Crippen LogP contribution is -2.44. The zero-order valence-electron chi connectivity index (χ0n) is 19.4. The predicted molar refractivity (Wildman–Crippen MR) is 139 cm³/mol. The largest absolute Gasteiger partial charge is 0.396 e. The van der Waals surface area contributed by atoms with Gasteiger partial charge in [-0.05, 0) is 62.6 Å². The summed E-state index contributed by atoms with van der Waals surface area (Å²) in [6, 6.07) is 7.83. The van der Waals surface area contributed by atoms with E-state index in [0.29, 0.717) is 12.1 Å². The van der Waals surface area contributed by atoms with Gasteiger partial charge in [-0.25, -0.2) is 4.99 Å². The molecule has 2 rings (SSSR count). The van der Waals surface area contributed by atoms with Gasteiger partial charge in [0.1, 0.15) is 0 Å². The molecule has 1 saturated carbocycles. The number of aliphatic hydroxyl groups excluding tert-OH is 1. The third-order valence-corrected chi connectivity index (χ3v) is 6.16. The van der Waals surface area contributed by atoms with E-state index >= 15 is 0 Å². The summed E-state index contributed by atoms with van der Waals surface area (Å²) in [5.74, 6) is 0.773. The van der Waals surface area contributed by atoms with Crippen molar-refractivity contribution in [1.29, 1.82) is 0 Å². The number of aliphatic hydroxyl groups is 1. The minimum absolute atomic E-state index is 0. The molecule has 7 heteroatoms. The van der Waals surface area contributed by atoms with E-state index in [0.717, 1.165) is 37.5 Å². The molecule has 1 aromatic rings.